The molecule has 1 saturated heterocycles. The van der Waals surface area contributed by atoms with E-state index in [2.05, 4.69) is 15.1 Å². The lowest BCUT2D eigenvalue weighted by molar-refractivity contribution is 0.0746. The van der Waals surface area contributed by atoms with Gasteiger partial charge in [0.2, 0.25) is 0 Å². The van der Waals surface area contributed by atoms with E-state index in [1.54, 1.807) is 0 Å². The molecule has 6 heteroatoms. The predicted octanol–water partition coefficient (Wildman–Crippen LogP) is 1.81. The van der Waals surface area contributed by atoms with Gasteiger partial charge in [-0.3, -0.25) is 4.79 Å². The van der Waals surface area contributed by atoms with Crippen molar-refractivity contribution in [1.82, 2.24) is 15.1 Å². The maximum Gasteiger partial charge on any atom is 0.253 e. The zero-order valence-corrected chi connectivity index (χ0v) is 14.4. The van der Waals surface area contributed by atoms with Gasteiger partial charge in [-0.2, -0.15) is 5.10 Å². The van der Waals surface area contributed by atoms with Crippen molar-refractivity contribution in [2.75, 3.05) is 50.1 Å². The Bertz CT molecular complexity index is 688. The highest BCUT2D eigenvalue weighted by Crippen LogP contribution is 2.17. The molecular formula is C18H23N5O. The van der Waals surface area contributed by atoms with Crippen LogP contribution in [0.5, 0.6) is 0 Å². The minimum Gasteiger partial charge on any atom is -0.378 e. The summed E-state index contributed by atoms with van der Waals surface area (Å²) in [5.41, 5.74) is 2.74. The average molecular weight is 325 g/mol. The molecule has 2 heterocycles. The van der Waals surface area contributed by atoms with E-state index in [4.69, 9.17) is 0 Å². The molecule has 3 rings (SSSR count). The number of aryl methyl sites for hydroxylation is 1. The summed E-state index contributed by atoms with van der Waals surface area (Å²) in [7, 11) is 3.98. The number of carbonyl (C=O) groups excluding carboxylic acids is 1. The largest absolute Gasteiger partial charge is 0.378 e. The van der Waals surface area contributed by atoms with Gasteiger partial charge in [-0.05, 0) is 43.3 Å². The number of hydrogen-bond donors (Lipinski definition) is 0. The molecule has 0 atom stereocenters. The lowest BCUT2D eigenvalue weighted by Crippen LogP contribution is -2.49. The number of benzene rings is 1. The molecule has 0 N–H and O–H groups in total. The first-order valence-corrected chi connectivity index (χ1v) is 8.16. The van der Waals surface area contributed by atoms with Gasteiger partial charge in [-0.1, -0.05) is 0 Å². The van der Waals surface area contributed by atoms with Crippen molar-refractivity contribution in [3.05, 3.63) is 47.7 Å². The van der Waals surface area contributed by atoms with Crippen LogP contribution in [0.3, 0.4) is 0 Å². The number of hydrogen-bond acceptors (Lipinski definition) is 5. The van der Waals surface area contributed by atoms with Crippen LogP contribution in [-0.4, -0.2) is 61.3 Å². The second-order valence-electron chi connectivity index (χ2n) is 6.25. The maximum atomic E-state index is 12.6. The first-order chi connectivity index (χ1) is 11.5. The molecule has 126 valence electrons. The third-order valence-electron chi connectivity index (χ3n) is 4.31. The number of anilines is 2. The minimum atomic E-state index is 0.0925. The van der Waals surface area contributed by atoms with E-state index in [1.165, 1.54) is 0 Å². The van der Waals surface area contributed by atoms with Gasteiger partial charge in [0.05, 0.1) is 5.69 Å². The molecule has 0 spiro atoms. The highest BCUT2D eigenvalue weighted by molar-refractivity contribution is 5.94. The van der Waals surface area contributed by atoms with Crippen molar-refractivity contribution in [2.45, 2.75) is 6.92 Å². The molecule has 1 aromatic heterocycles. The number of rotatable bonds is 3. The molecule has 0 saturated carbocycles. The van der Waals surface area contributed by atoms with E-state index in [0.29, 0.717) is 13.1 Å². The van der Waals surface area contributed by atoms with E-state index in [1.807, 2.05) is 67.2 Å². The molecule has 1 aromatic carbocycles. The van der Waals surface area contributed by atoms with E-state index in [-0.39, 0.29) is 5.91 Å². The summed E-state index contributed by atoms with van der Waals surface area (Å²) in [6, 6.07) is 11.7. The normalized spacial score (nSPS) is 14.6. The van der Waals surface area contributed by atoms with Crippen molar-refractivity contribution in [3.63, 3.8) is 0 Å². The monoisotopic (exact) mass is 325 g/mol. The topological polar surface area (TPSA) is 52.6 Å². The fourth-order valence-corrected chi connectivity index (χ4v) is 2.78. The van der Waals surface area contributed by atoms with Crippen molar-refractivity contribution in [1.29, 1.82) is 0 Å². The van der Waals surface area contributed by atoms with Crippen LogP contribution in [0.15, 0.2) is 36.4 Å². The first-order valence-electron chi connectivity index (χ1n) is 8.16. The van der Waals surface area contributed by atoms with E-state index >= 15 is 0 Å². The molecule has 1 fully saturated rings. The van der Waals surface area contributed by atoms with Gasteiger partial charge < -0.3 is 14.7 Å². The van der Waals surface area contributed by atoms with Gasteiger partial charge in [0.15, 0.2) is 5.82 Å². The SMILES string of the molecule is Cc1ccc(N2CCN(C(=O)c3ccc(N(C)C)cc3)CC2)nn1. The number of nitrogens with zero attached hydrogens (tertiary/aromatic N) is 5. The minimum absolute atomic E-state index is 0.0925. The number of carbonyl (C=O) groups is 1. The quantitative estimate of drug-likeness (QED) is 0.861. The van der Waals surface area contributed by atoms with Gasteiger partial charge >= 0.3 is 0 Å². The van der Waals surface area contributed by atoms with Crippen LogP contribution < -0.4 is 9.80 Å². The van der Waals surface area contributed by atoms with Crippen LogP contribution in [0, 0.1) is 6.92 Å². The molecule has 2 aromatic rings. The van der Waals surface area contributed by atoms with Gasteiger partial charge in [-0.15, -0.1) is 5.10 Å². The first kappa shape index (κ1) is 16.2. The summed E-state index contributed by atoms with van der Waals surface area (Å²) in [6.07, 6.45) is 0. The second-order valence-corrected chi connectivity index (χ2v) is 6.25. The van der Waals surface area contributed by atoms with Crippen molar-refractivity contribution >= 4 is 17.4 Å². The summed E-state index contributed by atoms with van der Waals surface area (Å²) in [5.74, 6) is 0.970. The average Bonchev–Trinajstić information content (AvgIpc) is 2.62. The van der Waals surface area contributed by atoms with E-state index in [9.17, 15) is 4.79 Å². The lowest BCUT2D eigenvalue weighted by atomic mass is 10.1. The summed E-state index contributed by atoms with van der Waals surface area (Å²) < 4.78 is 0. The molecule has 1 amide bonds. The van der Waals surface area contributed by atoms with Crippen LogP contribution in [-0.2, 0) is 0 Å². The fourth-order valence-electron chi connectivity index (χ4n) is 2.78. The molecule has 0 aliphatic carbocycles. The summed E-state index contributed by atoms with van der Waals surface area (Å²) >= 11 is 0. The van der Waals surface area contributed by atoms with Crippen LogP contribution >= 0.6 is 0 Å². The Hall–Kier alpha value is -2.63. The molecule has 1 aliphatic heterocycles. The standard InChI is InChI=1S/C18H23N5O/c1-14-4-9-17(20-19-14)22-10-12-23(13-11-22)18(24)15-5-7-16(8-6-15)21(2)3/h4-9H,10-13H2,1-3H3. The summed E-state index contributed by atoms with van der Waals surface area (Å²) in [4.78, 5) is 18.7. The molecular weight excluding hydrogens is 302 g/mol. The van der Waals surface area contributed by atoms with Crippen molar-refractivity contribution in [2.24, 2.45) is 0 Å². The Morgan fingerprint density at radius 2 is 1.62 bits per heavy atom. The van der Waals surface area contributed by atoms with Gasteiger partial charge in [0.1, 0.15) is 0 Å². The van der Waals surface area contributed by atoms with Crippen LogP contribution in [0.4, 0.5) is 11.5 Å². The number of piperazine rings is 1. The smallest absolute Gasteiger partial charge is 0.253 e. The number of aromatic nitrogens is 2. The Labute approximate surface area is 142 Å². The summed E-state index contributed by atoms with van der Waals surface area (Å²) in [6.45, 7) is 4.88. The second kappa shape index (κ2) is 6.86. The van der Waals surface area contributed by atoms with Crippen LogP contribution in [0.1, 0.15) is 16.1 Å². The molecule has 6 nitrogen and oxygen atoms in total. The Morgan fingerprint density at radius 1 is 0.958 bits per heavy atom. The summed E-state index contributed by atoms with van der Waals surface area (Å²) in [5, 5.41) is 8.33. The lowest BCUT2D eigenvalue weighted by Gasteiger charge is -2.35. The van der Waals surface area contributed by atoms with Crippen LogP contribution in [0.2, 0.25) is 0 Å². The third-order valence-corrected chi connectivity index (χ3v) is 4.31. The van der Waals surface area contributed by atoms with Crippen molar-refractivity contribution < 1.29 is 4.79 Å². The zero-order chi connectivity index (χ0) is 17.1. The van der Waals surface area contributed by atoms with Crippen LogP contribution in [0.25, 0.3) is 0 Å². The maximum absolute atomic E-state index is 12.6. The van der Waals surface area contributed by atoms with Gasteiger partial charge in [0, 0.05) is 51.5 Å². The predicted molar refractivity (Wildman–Crippen MR) is 95.7 cm³/mol. The fraction of sp³-hybridized carbons (Fsp3) is 0.389. The third kappa shape index (κ3) is 3.48. The number of amides is 1. The van der Waals surface area contributed by atoms with Gasteiger partial charge in [-0.25, -0.2) is 0 Å². The molecule has 0 bridgehead atoms. The van der Waals surface area contributed by atoms with E-state index in [0.717, 1.165) is 35.9 Å². The Kier molecular flexibility index (Phi) is 4.64. The molecule has 1 aliphatic rings. The molecule has 0 radical (unpaired) electrons. The Morgan fingerprint density at radius 3 is 2.17 bits per heavy atom. The molecule has 0 unspecified atom stereocenters. The zero-order valence-electron chi connectivity index (χ0n) is 14.4. The van der Waals surface area contributed by atoms with Crippen molar-refractivity contribution in [3.8, 4) is 0 Å². The van der Waals surface area contributed by atoms with Gasteiger partial charge in [0.25, 0.3) is 5.91 Å². The Balaban J connectivity index is 1.61. The molecule has 24 heavy (non-hydrogen) atoms. The highest BCUT2D eigenvalue weighted by Gasteiger charge is 2.23. The van der Waals surface area contributed by atoms with E-state index < -0.39 is 0 Å². The highest BCUT2D eigenvalue weighted by atomic mass is 16.2.